The molecule has 0 radical (unpaired) electrons. The number of sulfone groups is 1. The molecule has 9 nitrogen and oxygen atoms in total. The minimum absolute atomic E-state index is 0.0546. The van der Waals surface area contributed by atoms with Gasteiger partial charge in [0.1, 0.15) is 12.3 Å². The summed E-state index contributed by atoms with van der Waals surface area (Å²) in [5.41, 5.74) is 0. The number of aldehydes is 1. The zero-order valence-corrected chi connectivity index (χ0v) is 14.8. The Kier molecular flexibility index (Phi) is 7.52. The lowest BCUT2D eigenvalue weighted by atomic mass is 10.2. The largest absolute Gasteiger partial charge is 0.382 e. The van der Waals surface area contributed by atoms with Crippen LogP contribution in [0, 0.1) is 0 Å². The van der Waals surface area contributed by atoms with E-state index in [9.17, 15) is 18.0 Å². The topological polar surface area (TPSA) is 119 Å². The first-order valence-electron chi connectivity index (χ1n) is 6.88. The second-order valence-corrected chi connectivity index (χ2v) is 7.95. The summed E-state index contributed by atoms with van der Waals surface area (Å²) < 4.78 is 27.5. The molecule has 1 N–H and O–H groups in total. The molecule has 1 rings (SSSR count). The highest BCUT2D eigenvalue weighted by atomic mass is 32.2. The minimum Gasteiger partial charge on any atom is -0.382 e. The van der Waals surface area contributed by atoms with E-state index in [1.165, 1.54) is 12.0 Å². The van der Waals surface area contributed by atoms with Crippen molar-refractivity contribution in [3.8, 4) is 0 Å². The van der Waals surface area contributed by atoms with Crippen molar-refractivity contribution in [3.63, 3.8) is 0 Å². The summed E-state index contributed by atoms with van der Waals surface area (Å²) in [5, 5.41) is 9.67. The Labute approximate surface area is 139 Å². The zero-order chi connectivity index (χ0) is 17.5. The third-order valence-electron chi connectivity index (χ3n) is 2.85. The number of ether oxygens (including phenoxy) is 1. The fourth-order valence-corrected chi connectivity index (χ4v) is 3.19. The van der Waals surface area contributed by atoms with Gasteiger partial charge in [-0.3, -0.25) is 5.32 Å². The predicted molar refractivity (Wildman–Crippen MR) is 85.4 cm³/mol. The number of unbranched alkanes of at least 4 members (excludes halogenated alkanes) is 1. The number of rotatable bonds is 9. The standard InChI is InChI=1S/C12H20N4O5S2/c1-4-5-6-16(9(7-17)8-21-2)11(18)13-10-14-15-12(22-10)23(3,19)20/h7,9H,4-6,8H2,1-3H3,(H,13,14,18). The lowest BCUT2D eigenvalue weighted by Crippen LogP contribution is -2.46. The van der Waals surface area contributed by atoms with Crippen LogP contribution in [0.3, 0.4) is 0 Å². The molecule has 0 saturated carbocycles. The van der Waals surface area contributed by atoms with Gasteiger partial charge in [-0.25, -0.2) is 13.2 Å². The molecular formula is C12H20N4O5S2. The normalized spacial score (nSPS) is 12.7. The van der Waals surface area contributed by atoms with Crippen molar-refractivity contribution in [1.82, 2.24) is 15.1 Å². The van der Waals surface area contributed by atoms with E-state index in [2.05, 4.69) is 15.5 Å². The second-order valence-electron chi connectivity index (χ2n) is 4.78. The summed E-state index contributed by atoms with van der Waals surface area (Å²) in [6, 6.07) is -1.28. The Bertz CT molecular complexity index is 631. The van der Waals surface area contributed by atoms with Crippen LogP contribution in [-0.2, 0) is 19.4 Å². The molecule has 1 unspecified atom stereocenters. The van der Waals surface area contributed by atoms with Gasteiger partial charge >= 0.3 is 6.03 Å². The van der Waals surface area contributed by atoms with Crippen molar-refractivity contribution in [3.05, 3.63) is 0 Å². The summed E-state index contributed by atoms with van der Waals surface area (Å²) in [4.78, 5) is 24.9. The molecular weight excluding hydrogens is 344 g/mol. The SMILES string of the molecule is CCCCN(C(=O)Nc1nnc(S(C)(=O)=O)s1)C(C=O)COC. The maximum absolute atomic E-state index is 12.3. The summed E-state index contributed by atoms with van der Waals surface area (Å²) >= 11 is 0.754. The Balaban J connectivity index is 2.87. The number of carbonyl (C=O) groups excluding carboxylic acids is 2. The minimum atomic E-state index is -3.48. The van der Waals surface area contributed by atoms with E-state index in [4.69, 9.17) is 4.74 Å². The van der Waals surface area contributed by atoms with Gasteiger partial charge in [-0.15, -0.1) is 10.2 Å². The number of urea groups is 1. The number of aromatic nitrogens is 2. The van der Waals surface area contributed by atoms with Crippen molar-refractivity contribution in [1.29, 1.82) is 0 Å². The number of carbonyl (C=O) groups is 2. The number of methoxy groups -OCH3 is 1. The first-order chi connectivity index (χ1) is 10.8. The fraction of sp³-hybridized carbons (Fsp3) is 0.667. The molecule has 0 aliphatic heterocycles. The molecule has 0 aliphatic rings. The number of hydrogen-bond acceptors (Lipinski definition) is 8. The van der Waals surface area contributed by atoms with Crippen LogP contribution < -0.4 is 5.32 Å². The molecule has 2 amide bonds. The summed E-state index contributed by atoms with van der Waals surface area (Å²) in [6.07, 6.45) is 3.21. The van der Waals surface area contributed by atoms with Gasteiger partial charge in [-0.05, 0) is 6.42 Å². The Morgan fingerprint density at radius 3 is 2.65 bits per heavy atom. The van der Waals surface area contributed by atoms with Crippen LogP contribution in [0.25, 0.3) is 0 Å². The predicted octanol–water partition coefficient (Wildman–Crippen LogP) is 0.789. The van der Waals surface area contributed by atoms with Gasteiger partial charge in [0.05, 0.1) is 6.61 Å². The smallest absolute Gasteiger partial charge is 0.324 e. The highest BCUT2D eigenvalue weighted by molar-refractivity contribution is 7.92. The molecule has 1 atom stereocenters. The quantitative estimate of drug-likeness (QED) is 0.508. The van der Waals surface area contributed by atoms with Crippen molar-refractivity contribution < 1.29 is 22.7 Å². The highest BCUT2D eigenvalue weighted by Gasteiger charge is 2.24. The average Bonchev–Trinajstić information content (AvgIpc) is 2.95. The molecule has 1 aromatic rings. The van der Waals surface area contributed by atoms with Gasteiger partial charge in [0.15, 0.2) is 0 Å². The molecule has 0 aromatic carbocycles. The van der Waals surface area contributed by atoms with E-state index in [0.29, 0.717) is 19.3 Å². The number of nitrogens with one attached hydrogen (secondary N) is 1. The highest BCUT2D eigenvalue weighted by Crippen LogP contribution is 2.20. The third-order valence-corrected chi connectivity index (χ3v) is 5.35. The average molecular weight is 364 g/mol. The number of hydrogen-bond donors (Lipinski definition) is 1. The summed E-state index contributed by atoms with van der Waals surface area (Å²) in [7, 11) is -2.04. The number of nitrogens with zero attached hydrogens (tertiary/aromatic N) is 3. The van der Waals surface area contributed by atoms with Gasteiger partial charge in [0, 0.05) is 19.9 Å². The lowest BCUT2D eigenvalue weighted by molar-refractivity contribution is -0.113. The molecule has 0 spiro atoms. The Morgan fingerprint density at radius 1 is 1.48 bits per heavy atom. The molecule has 11 heteroatoms. The van der Waals surface area contributed by atoms with E-state index in [-0.39, 0.29) is 16.1 Å². The Morgan fingerprint density at radius 2 is 2.17 bits per heavy atom. The maximum Gasteiger partial charge on any atom is 0.324 e. The first-order valence-corrected chi connectivity index (χ1v) is 9.59. The zero-order valence-electron chi connectivity index (χ0n) is 13.2. The van der Waals surface area contributed by atoms with E-state index in [0.717, 1.165) is 24.0 Å². The molecule has 1 aromatic heterocycles. The fourth-order valence-electron chi connectivity index (χ4n) is 1.69. The third kappa shape index (κ3) is 5.84. The van der Waals surface area contributed by atoms with Crippen molar-refractivity contribution in [2.45, 2.75) is 30.1 Å². The molecule has 0 aliphatic carbocycles. The van der Waals surface area contributed by atoms with Crippen LogP contribution in [0.1, 0.15) is 19.8 Å². The van der Waals surface area contributed by atoms with Gasteiger partial charge in [0.25, 0.3) is 0 Å². The van der Waals surface area contributed by atoms with Crippen LogP contribution in [0.5, 0.6) is 0 Å². The first kappa shape index (κ1) is 19.5. The van der Waals surface area contributed by atoms with Crippen molar-refractivity contribution >= 4 is 38.6 Å². The second kappa shape index (κ2) is 8.89. The van der Waals surface area contributed by atoms with E-state index < -0.39 is 21.9 Å². The maximum atomic E-state index is 12.3. The molecule has 23 heavy (non-hydrogen) atoms. The van der Waals surface area contributed by atoms with Gasteiger partial charge in [0.2, 0.25) is 19.3 Å². The Hall–Kier alpha value is -1.59. The van der Waals surface area contributed by atoms with Crippen LogP contribution in [0.2, 0.25) is 0 Å². The molecule has 130 valence electrons. The van der Waals surface area contributed by atoms with Crippen LogP contribution in [-0.4, -0.2) is 68.4 Å². The molecule has 0 saturated heterocycles. The summed E-state index contributed by atoms with van der Waals surface area (Å²) in [6.45, 7) is 2.41. The van der Waals surface area contributed by atoms with Crippen molar-refractivity contribution in [2.75, 3.05) is 31.8 Å². The van der Waals surface area contributed by atoms with Crippen LogP contribution in [0.4, 0.5) is 9.93 Å². The summed E-state index contributed by atoms with van der Waals surface area (Å²) in [5.74, 6) is 0. The number of anilines is 1. The van der Waals surface area contributed by atoms with E-state index in [1.54, 1.807) is 0 Å². The van der Waals surface area contributed by atoms with Gasteiger partial charge in [-0.2, -0.15) is 0 Å². The van der Waals surface area contributed by atoms with Crippen LogP contribution in [0.15, 0.2) is 4.34 Å². The molecule has 0 fully saturated rings. The van der Waals surface area contributed by atoms with E-state index >= 15 is 0 Å². The lowest BCUT2D eigenvalue weighted by Gasteiger charge is -2.27. The molecule has 1 heterocycles. The van der Waals surface area contributed by atoms with Crippen LogP contribution >= 0.6 is 11.3 Å². The van der Waals surface area contributed by atoms with Gasteiger partial charge in [-0.1, -0.05) is 24.7 Å². The monoisotopic (exact) mass is 364 g/mol. The molecule has 0 bridgehead atoms. The van der Waals surface area contributed by atoms with Crippen molar-refractivity contribution in [2.24, 2.45) is 0 Å². The van der Waals surface area contributed by atoms with E-state index in [1.807, 2.05) is 6.92 Å². The number of amides is 2. The van der Waals surface area contributed by atoms with Gasteiger partial charge < -0.3 is 14.4 Å².